The van der Waals surface area contributed by atoms with Crippen LogP contribution >= 0.6 is 20.7 Å². The molecule has 0 fully saturated rings. The van der Waals surface area contributed by atoms with Gasteiger partial charge in [0.25, 0.3) is 0 Å². The van der Waals surface area contributed by atoms with Crippen LogP contribution < -0.4 is 4.74 Å². The van der Waals surface area contributed by atoms with Gasteiger partial charge in [-0.05, 0) is 50.6 Å². The SMILES string of the molecule is C=IC(F)(F)c1cccc(/C=C/c2n[nH]c3ccc(C#N)c(OC)c23)c1. The Morgan fingerprint density at radius 2 is 2.12 bits per heavy atom. The molecule has 7 heteroatoms. The van der Waals surface area contributed by atoms with E-state index in [2.05, 4.69) is 20.8 Å². The highest BCUT2D eigenvalue weighted by molar-refractivity contribution is 14.2. The number of hydrogen-bond donors (Lipinski definition) is 1. The third-order valence-corrected chi connectivity index (χ3v) is 5.43. The molecule has 0 saturated heterocycles. The number of fused-ring (bicyclic) bond motifs is 1. The second-order valence-electron chi connectivity index (χ2n) is 5.38. The summed E-state index contributed by atoms with van der Waals surface area (Å²) in [5.74, 6) is 0.431. The van der Waals surface area contributed by atoms with Gasteiger partial charge in [0.1, 0.15) is 11.8 Å². The highest BCUT2D eigenvalue weighted by Gasteiger charge is 2.27. The van der Waals surface area contributed by atoms with Crippen LogP contribution in [0.5, 0.6) is 5.75 Å². The van der Waals surface area contributed by atoms with Gasteiger partial charge in [-0.1, -0.05) is 28.8 Å². The molecule has 0 radical (unpaired) electrons. The van der Waals surface area contributed by atoms with E-state index in [-0.39, 0.29) is 5.56 Å². The molecular formula is C19H14F2IN3O. The van der Waals surface area contributed by atoms with E-state index in [0.717, 1.165) is 5.52 Å². The number of aromatic nitrogens is 2. The van der Waals surface area contributed by atoms with Crippen molar-refractivity contribution >= 4 is 48.3 Å². The van der Waals surface area contributed by atoms with E-state index in [9.17, 15) is 14.0 Å². The number of benzene rings is 2. The fourth-order valence-corrected chi connectivity index (χ4v) is 3.37. The zero-order chi connectivity index (χ0) is 18.7. The molecule has 3 aromatic rings. The van der Waals surface area contributed by atoms with Crippen molar-refractivity contribution in [2.45, 2.75) is 3.93 Å². The summed E-state index contributed by atoms with van der Waals surface area (Å²) in [6.07, 6.45) is 3.41. The van der Waals surface area contributed by atoms with Crippen LogP contribution in [-0.2, 0) is 3.93 Å². The van der Waals surface area contributed by atoms with Crippen molar-refractivity contribution in [3.8, 4) is 11.8 Å². The molecule has 4 nitrogen and oxygen atoms in total. The highest BCUT2D eigenvalue weighted by atomic mass is 127. The predicted molar refractivity (Wildman–Crippen MR) is 108 cm³/mol. The second-order valence-corrected chi connectivity index (χ2v) is 7.50. The van der Waals surface area contributed by atoms with Gasteiger partial charge in [-0.3, -0.25) is 5.10 Å². The lowest BCUT2D eigenvalue weighted by atomic mass is 10.1. The maximum atomic E-state index is 13.9. The Balaban J connectivity index is 2.04. The summed E-state index contributed by atoms with van der Waals surface area (Å²) in [6.45, 7) is 0. The average Bonchev–Trinajstić information content (AvgIpc) is 3.09. The first-order chi connectivity index (χ1) is 12.5. The lowest BCUT2D eigenvalue weighted by molar-refractivity contribution is 0.127. The van der Waals surface area contributed by atoms with E-state index in [1.165, 1.54) is 19.2 Å². The van der Waals surface area contributed by atoms with Gasteiger partial charge in [-0.15, -0.1) is 0 Å². The van der Waals surface area contributed by atoms with E-state index in [0.29, 0.717) is 28.0 Å². The molecule has 132 valence electrons. The molecule has 1 aromatic heterocycles. The van der Waals surface area contributed by atoms with Crippen molar-refractivity contribution in [1.82, 2.24) is 10.2 Å². The molecule has 3 rings (SSSR count). The summed E-state index contributed by atoms with van der Waals surface area (Å²) in [5, 5.41) is 17.0. The van der Waals surface area contributed by atoms with E-state index >= 15 is 0 Å². The van der Waals surface area contributed by atoms with Crippen molar-refractivity contribution in [1.29, 1.82) is 5.26 Å². The van der Waals surface area contributed by atoms with E-state index in [4.69, 9.17) is 4.74 Å². The monoisotopic (exact) mass is 465 g/mol. The Bertz CT molecular complexity index is 1050. The number of halogens is 3. The lowest BCUT2D eigenvalue weighted by Crippen LogP contribution is -2.03. The van der Waals surface area contributed by atoms with Crippen molar-refractivity contribution in [3.63, 3.8) is 0 Å². The van der Waals surface area contributed by atoms with Gasteiger partial charge in [0.05, 0.1) is 29.3 Å². The lowest BCUT2D eigenvalue weighted by Gasteiger charge is -2.11. The third-order valence-electron chi connectivity index (χ3n) is 3.85. The molecule has 0 spiro atoms. The smallest absolute Gasteiger partial charge is 0.316 e. The number of aromatic amines is 1. The number of nitriles is 1. The number of H-pyrrole nitrogens is 1. The molecule has 0 bridgehead atoms. The number of alkyl halides is 3. The number of hydrogen-bond acceptors (Lipinski definition) is 3. The van der Waals surface area contributed by atoms with Crippen LogP contribution in [0, 0.1) is 11.3 Å². The molecule has 0 amide bonds. The van der Waals surface area contributed by atoms with Crippen LogP contribution in [0.1, 0.15) is 22.4 Å². The van der Waals surface area contributed by atoms with Gasteiger partial charge in [0.15, 0.2) is 0 Å². The average molecular weight is 465 g/mol. The fraction of sp³-hybridized carbons (Fsp3) is 0.105. The minimum absolute atomic E-state index is 0.0290. The minimum atomic E-state index is -2.85. The van der Waals surface area contributed by atoms with Gasteiger partial charge in [-0.25, -0.2) is 0 Å². The van der Waals surface area contributed by atoms with Crippen molar-refractivity contribution < 1.29 is 13.5 Å². The van der Waals surface area contributed by atoms with E-state index in [1.807, 2.05) is 0 Å². The second kappa shape index (κ2) is 7.33. The molecule has 1 heterocycles. The Morgan fingerprint density at radius 3 is 2.81 bits per heavy atom. The number of nitrogens with zero attached hydrogens (tertiary/aromatic N) is 2. The Morgan fingerprint density at radius 1 is 1.31 bits per heavy atom. The van der Waals surface area contributed by atoms with Crippen LogP contribution in [0.25, 0.3) is 23.1 Å². The van der Waals surface area contributed by atoms with Gasteiger partial charge >= 0.3 is 3.93 Å². The van der Waals surface area contributed by atoms with Crippen LogP contribution in [-0.4, -0.2) is 21.8 Å². The fourth-order valence-electron chi connectivity index (χ4n) is 2.60. The summed E-state index contributed by atoms with van der Waals surface area (Å²) in [7, 11) is 1.49. The number of methoxy groups -OCH3 is 1. The molecule has 0 aliphatic heterocycles. The van der Waals surface area contributed by atoms with Gasteiger partial charge in [0, 0.05) is 5.56 Å². The van der Waals surface area contributed by atoms with Crippen molar-refractivity contribution in [2.24, 2.45) is 0 Å². The van der Waals surface area contributed by atoms with Crippen LogP contribution in [0.3, 0.4) is 0 Å². The summed E-state index contributed by atoms with van der Waals surface area (Å²) < 4.78 is 33.6. The first-order valence-corrected chi connectivity index (χ1v) is 10.1. The summed E-state index contributed by atoms with van der Waals surface area (Å²) in [5.41, 5.74) is 2.29. The van der Waals surface area contributed by atoms with Crippen molar-refractivity contribution in [2.75, 3.05) is 7.11 Å². The van der Waals surface area contributed by atoms with Crippen LogP contribution in [0.2, 0.25) is 0 Å². The predicted octanol–water partition coefficient (Wildman–Crippen LogP) is 5.07. The third kappa shape index (κ3) is 3.37. The molecule has 0 aliphatic carbocycles. The molecule has 26 heavy (non-hydrogen) atoms. The molecule has 0 saturated carbocycles. The minimum Gasteiger partial charge on any atom is -0.495 e. The first kappa shape index (κ1) is 18.2. The zero-order valence-electron chi connectivity index (χ0n) is 13.8. The number of nitrogens with one attached hydrogen (secondary N) is 1. The topological polar surface area (TPSA) is 61.7 Å². The normalized spacial score (nSPS) is 11.8. The summed E-state index contributed by atoms with van der Waals surface area (Å²) in [4.78, 5) is 0. The Kier molecular flexibility index (Phi) is 5.13. The Labute approximate surface area is 158 Å². The maximum absolute atomic E-state index is 13.9. The molecule has 0 atom stereocenters. The molecule has 0 unspecified atom stereocenters. The van der Waals surface area contributed by atoms with E-state index in [1.54, 1.807) is 36.4 Å². The summed E-state index contributed by atoms with van der Waals surface area (Å²) in [6, 6.07) is 11.7. The first-order valence-electron chi connectivity index (χ1n) is 7.51. The van der Waals surface area contributed by atoms with Crippen molar-refractivity contribution in [3.05, 3.63) is 58.8 Å². The van der Waals surface area contributed by atoms with Gasteiger partial charge < -0.3 is 4.74 Å². The highest BCUT2D eigenvalue weighted by Crippen LogP contribution is 2.39. The quantitative estimate of drug-likeness (QED) is 0.423. The largest absolute Gasteiger partial charge is 0.495 e. The van der Waals surface area contributed by atoms with E-state index < -0.39 is 24.7 Å². The number of ether oxygens (including phenoxy) is 1. The molecular weight excluding hydrogens is 451 g/mol. The van der Waals surface area contributed by atoms with Crippen LogP contribution in [0.15, 0.2) is 36.4 Å². The van der Waals surface area contributed by atoms with Crippen LogP contribution in [0.4, 0.5) is 8.78 Å². The molecule has 0 aliphatic rings. The van der Waals surface area contributed by atoms with Gasteiger partial charge in [0.2, 0.25) is 0 Å². The molecule has 1 N–H and O–H groups in total. The summed E-state index contributed by atoms with van der Waals surface area (Å²) >= 11 is -1.49. The zero-order valence-corrected chi connectivity index (χ0v) is 15.9. The molecule has 2 aromatic carbocycles. The number of rotatable bonds is 5. The standard InChI is InChI=1S/C19H14F2IN3O/c1-22-19(20,21)14-5-3-4-12(10-14)6-8-15-17-16(25-24-15)9-7-13(11-23)18(17)26-2/h3-10H,1H2,2H3,(H,24,25)/b8-6+. The Hall–Kier alpha value is -2.60. The van der Waals surface area contributed by atoms with Gasteiger partial charge in [-0.2, -0.15) is 19.1 Å². The maximum Gasteiger partial charge on any atom is 0.316 e.